The molecule has 4 rings (SSSR count). The van der Waals surface area contributed by atoms with E-state index in [4.69, 9.17) is 0 Å². The molecule has 0 aromatic carbocycles. The molecule has 1 atom stereocenters. The second-order valence-corrected chi connectivity index (χ2v) is 7.49. The quantitative estimate of drug-likeness (QED) is 0.689. The van der Waals surface area contributed by atoms with Crippen molar-refractivity contribution in [2.75, 3.05) is 5.75 Å². The van der Waals surface area contributed by atoms with Gasteiger partial charge in [0.1, 0.15) is 6.04 Å². The number of nitrogens with one attached hydrogen (secondary N) is 2. The Morgan fingerprint density at radius 2 is 1.65 bits per heavy atom. The van der Waals surface area contributed by atoms with Crippen LogP contribution in [-0.4, -0.2) is 29.1 Å². The van der Waals surface area contributed by atoms with E-state index in [1.807, 2.05) is 0 Å². The lowest BCUT2D eigenvalue weighted by Crippen LogP contribution is -2.62. The van der Waals surface area contributed by atoms with Gasteiger partial charge in [0, 0.05) is 18.2 Å². The Hall–Kier alpha value is -0.710. The lowest BCUT2D eigenvalue weighted by molar-refractivity contribution is -0.131. The third kappa shape index (κ3) is 2.69. The fourth-order valence-corrected chi connectivity index (χ4v) is 5.31. The molecule has 0 heterocycles. The Labute approximate surface area is 125 Å². The van der Waals surface area contributed by atoms with Gasteiger partial charge in [0.25, 0.3) is 0 Å². The molecule has 20 heavy (non-hydrogen) atoms. The lowest BCUT2D eigenvalue weighted by Gasteiger charge is -2.57. The second kappa shape index (κ2) is 5.24. The highest BCUT2D eigenvalue weighted by molar-refractivity contribution is 7.80. The minimum atomic E-state index is -0.510. The molecule has 112 valence electrons. The van der Waals surface area contributed by atoms with Gasteiger partial charge < -0.3 is 10.6 Å². The zero-order valence-electron chi connectivity index (χ0n) is 12.0. The standard InChI is InChI=1S/C15H24N2O2S/c1-9(18)16-13(8-20)14(19)17-15-5-10-2-11(6-15)4-12(3-10)7-15/h10-13,20H,2-8H2,1H3,(H,16,18)(H,17,19). The molecule has 4 aliphatic carbocycles. The van der Waals surface area contributed by atoms with Crippen molar-refractivity contribution in [3.8, 4) is 0 Å². The third-order valence-corrected chi connectivity index (χ3v) is 5.67. The fourth-order valence-electron chi connectivity index (χ4n) is 5.05. The SMILES string of the molecule is CC(=O)NC(CS)C(=O)NC12CC3CC(CC(C3)C1)C2. The van der Waals surface area contributed by atoms with Gasteiger partial charge >= 0.3 is 0 Å². The summed E-state index contributed by atoms with van der Waals surface area (Å²) in [5.41, 5.74) is 0.00546. The first-order valence-corrected chi connectivity index (χ1v) is 8.33. The normalized spacial score (nSPS) is 39.4. The van der Waals surface area contributed by atoms with Gasteiger partial charge in [-0.2, -0.15) is 12.6 Å². The number of hydrogen-bond donors (Lipinski definition) is 3. The molecule has 2 N–H and O–H groups in total. The van der Waals surface area contributed by atoms with Crippen molar-refractivity contribution in [3.63, 3.8) is 0 Å². The molecule has 4 aliphatic rings. The highest BCUT2D eigenvalue weighted by Gasteiger charge is 2.51. The van der Waals surface area contributed by atoms with E-state index in [0.717, 1.165) is 37.0 Å². The highest BCUT2D eigenvalue weighted by Crippen LogP contribution is 2.55. The first kappa shape index (κ1) is 14.2. The van der Waals surface area contributed by atoms with E-state index in [2.05, 4.69) is 23.3 Å². The molecular weight excluding hydrogens is 272 g/mol. The van der Waals surface area contributed by atoms with Crippen LogP contribution in [0.25, 0.3) is 0 Å². The van der Waals surface area contributed by atoms with Gasteiger partial charge in [0.2, 0.25) is 11.8 Å². The van der Waals surface area contributed by atoms with E-state index in [0.29, 0.717) is 5.75 Å². The zero-order valence-corrected chi connectivity index (χ0v) is 12.9. The fraction of sp³-hybridized carbons (Fsp3) is 0.867. The molecular formula is C15H24N2O2S. The van der Waals surface area contributed by atoms with Gasteiger partial charge in [-0.15, -0.1) is 0 Å². The lowest BCUT2D eigenvalue weighted by atomic mass is 9.53. The maximum absolute atomic E-state index is 12.4. The summed E-state index contributed by atoms with van der Waals surface area (Å²) in [6, 6.07) is -0.510. The van der Waals surface area contributed by atoms with Crippen molar-refractivity contribution in [3.05, 3.63) is 0 Å². The summed E-state index contributed by atoms with van der Waals surface area (Å²) < 4.78 is 0. The van der Waals surface area contributed by atoms with Crippen molar-refractivity contribution in [1.29, 1.82) is 0 Å². The Balaban J connectivity index is 1.67. The Kier molecular flexibility index (Phi) is 3.73. The van der Waals surface area contributed by atoms with Crippen LogP contribution in [0, 0.1) is 17.8 Å². The predicted molar refractivity (Wildman–Crippen MR) is 80.5 cm³/mol. The van der Waals surface area contributed by atoms with E-state index in [9.17, 15) is 9.59 Å². The summed E-state index contributed by atoms with van der Waals surface area (Å²) in [6.07, 6.45) is 7.46. The van der Waals surface area contributed by atoms with Crippen molar-refractivity contribution in [2.24, 2.45) is 17.8 Å². The maximum atomic E-state index is 12.4. The van der Waals surface area contributed by atoms with Crippen LogP contribution in [-0.2, 0) is 9.59 Å². The largest absolute Gasteiger partial charge is 0.349 e. The van der Waals surface area contributed by atoms with Crippen LogP contribution < -0.4 is 10.6 Å². The van der Waals surface area contributed by atoms with Crippen LogP contribution in [0.2, 0.25) is 0 Å². The molecule has 5 heteroatoms. The summed E-state index contributed by atoms with van der Waals surface area (Å²) in [7, 11) is 0. The molecule has 1 unspecified atom stereocenters. The van der Waals surface area contributed by atoms with Crippen LogP contribution in [0.5, 0.6) is 0 Å². The van der Waals surface area contributed by atoms with E-state index in [1.165, 1.54) is 26.2 Å². The van der Waals surface area contributed by atoms with Crippen LogP contribution in [0.4, 0.5) is 0 Å². The Morgan fingerprint density at radius 1 is 1.15 bits per heavy atom. The monoisotopic (exact) mass is 296 g/mol. The Morgan fingerprint density at radius 3 is 2.05 bits per heavy atom. The van der Waals surface area contributed by atoms with Crippen molar-refractivity contribution >= 4 is 24.4 Å². The van der Waals surface area contributed by atoms with E-state index < -0.39 is 6.04 Å². The molecule has 0 aromatic heterocycles. The van der Waals surface area contributed by atoms with E-state index in [1.54, 1.807) is 0 Å². The van der Waals surface area contributed by atoms with Gasteiger partial charge in [0.15, 0.2) is 0 Å². The third-order valence-electron chi connectivity index (χ3n) is 5.30. The molecule has 0 radical (unpaired) electrons. The van der Waals surface area contributed by atoms with Crippen LogP contribution in [0.3, 0.4) is 0 Å². The average molecular weight is 296 g/mol. The highest BCUT2D eigenvalue weighted by atomic mass is 32.1. The van der Waals surface area contributed by atoms with Crippen molar-refractivity contribution < 1.29 is 9.59 Å². The number of carbonyl (C=O) groups excluding carboxylic acids is 2. The molecule has 0 spiro atoms. The summed E-state index contributed by atoms with van der Waals surface area (Å²) >= 11 is 4.19. The summed E-state index contributed by atoms with van der Waals surface area (Å²) in [6.45, 7) is 1.44. The minimum absolute atomic E-state index is 0.00546. The molecule has 4 saturated carbocycles. The molecule has 2 amide bonds. The van der Waals surface area contributed by atoms with Crippen LogP contribution in [0.1, 0.15) is 45.4 Å². The molecule has 4 bridgehead atoms. The smallest absolute Gasteiger partial charge is 0.243 e. The first-order valence-electron chi connectivity index (χ1n) is 7.69. The van der Waals surface area contributed by atoms with Crippen molar-refractivity contribution in [2.45, 2.75) is 57.0 Å². The number of rotatable bonds is 4. The number of thiol groups is 1. The molecule has 0 saturated heterocycles. The maximum Gasteiger partial charge on any atom is 0.243 e. The first-order chi connectivity index (χ1) is 9.49. The number of hydrogen-bond acceptors (Lipinski definition) is 3. The summed E-state index contributed by atoms with van der Waals surface area (Å²) in [5.74, 6) is 2.52. The van der Waals surface area contributed by atoms with Gasteiger partial charge in [-0.25, -0.2) is 0 Å². The summed E-state index contributed by atoms with van der Waals surface area (Å²) in [4.78, 5) is 23.6. The molecule has 0 aromatic rings. The molecule has 0 aliphatic heterocycles. The summed E-state index contributed by atoms with van der Waals surface area (Å²) in [5, 5.41) is 5.96. The molecule has 4 nitrogen and oxygen atoms in total. The second-order valence-electron chi connectivity index (χ2n) is 7.12. The average Bonchev–Trinajstić information content (AvgIpc) is 2.33. The van der Waals surface area contributed by atoms with Gasteiger partial charge in [-0.1, -0.05) is 0 Å². The van der Waals surface area contributed by atoms with Crippen molar-refractivity contribution in [1.82, 2.24) is 10.6 Å². The number of amides is 2. The van der Waals surface area contributed by atoms with E-state index in [-0.39, 0.29) is 17.4 Å². The van der Waals surface area contributed by atoms with Gasteiger partial charge in [-0.05, 0) is 56.3 Å². The topological polar surface area (TPSA) is 58.2 Å². The minimum Gasteiger partial charge on any atom is -0.349 e. The van der Waals surface area contributed by atoms with E-state index >= 15 is 0 Å². The van der Waals surface area contributed by atoms with Gasteiger partial charge in [0.05, 0.1) is 0 Å². The van der Waals surface area contributed by atoms with Crippen LogP contribution in [0.15, 0.2) is 0 Å². The van der Waals surface area contributed by atoms with Crippen LogP contribution >= 0.6 is 12.6 Å². The zero-order chi connectivity index (χ0) is 14.3. The van der Waals surface area contributed by atoms with Gasteiger partial charge in [-0.3, -0.25) is 9.59 Å². The molecule has 4 fully saturated rings. The Bertz CT molecular complexity index is 389. The predicted octanol–water partition coefficient (Wildman–Crippen LogP) is 1.51. The number of carbonyl (C=O) groups is 2.